The molecule has 0 unspecified atom stereocenters. The van der Waals surface area contributed by atoms with Crippen molar-refractivity contribution in [3.05, 3.63) is 23.9 Å². The number of nitrogens with two attached hydrogens (primary N) is 1. The van der Waals surface area contributed by atoms with Crippen LogP contribution < -0.4 is 5.73 Å². The van der Waals surface area contributed by atoms with E-state index in [1.54, 1.807) is 6.20 Å². The zero-order valence-electron chi connectivity index (χ0n) is 12.0. The SMILES string of the molecule is CCCc1nn(C)c2c1nc(N)n2Cc1nccn1C. The van der Waals surface area contributed by atoms with Gasteiger partial charge in [0.05, 0.1) is 12.2 Å². The average molecular weight is 273 g/mol. The van der Waals surface area contributed by atoms with Crippen molar-refractivity contribution < 1.29 is 0 Å². The Morgan fingerprint density at radius 1 is 1.30 bits per heavy atom. The summed E-state index contributed by atoms with van der Waals surface area (Å²) in [5.74, 6) is 1.45. The Labute approximate surface area is 117 Å². The Morgan fingerprint density at radius 3 is 2.75 bits per heavy atom. The van der Waals surface area contributed by atoms with Crippen LogP contribution in [0.25, 0.3) is 11.2 Å². The topological polar surface area (TPSA) is 79.5 Å². The van der Waals surface area contributed by atoms with Gasteiger partial charge in [-0.05, 0) is 6.42 Å². The average Bonchev–Trinajstić information content (AvgIpc) is 3.02. The van der Waals surface area contributed by atoms with E-state index in [0.717, 1.165) is 35.5 Å². The zero-order valence-corrected chi connectivity index (χ0v) is 12.0. The van der Waals surface area contributed by atoms with Gasteiger partial charge in [0.1, 0.15) is 11.3 Å². The molecule has 0 amide bonds. The normalized spacial score (nSPS) is 11.6. The molecule has 0 aliphatic carbocycles. The fourth-order valence-electron chi connectivity index (χ4n) is 2.51. The lowest BCUT2D eigenvalue weighted by Gasteiger charge is -2.06. The minimum Gasteiger partial charge on any atom is -0.369 e. The predicted molar refractivity (Wildman–Crippen MR) is 77.2 cm³/mol. The molecule has 0 aliphatic heterocycles. The molecule has 3 aromatic heterocycles. The summed E-state index contributed by atoms with van der Waals surface area (Å²) in [4.78, 5) is 8.82. The lowest BCUT2D eigenvalue weighted by atomic mass is 10.2. The Hall–Kier alpha value is -2.31. The van der Waals surface area contributed by atoms with Crippen LogP contribution in [0.4, 0.5) is 5.95 Å². The van der Waals surface area contributed by atoms with Crippen molar-refractivity contribution >= 4 is 17.1 Å². The highest BCUT2D eigenvalue weighted by atomic mass is 15.4. The Bertz CT molecular complexity index is 746. The number of nitrogen functional groups attached to an aromatic ring is 1. The smallest absolute Gasteiger partial charge is 0.202 e. The van der Waals surface area contributed by atoms with Crippen LogP contribution in [-0.2, 0) is 27.1 Å². The molecule has 0 radical (unpaired) electrons. The van der Waals surface area contributed by atoms with Crippen molar-refractivity contribution in [2.45, 2.75) is 26.3 Å². The molecule has 20 heavy (non-hydrogen) atoms. The first-order valence-electron chi connectivity index (χ1n) is 6.75. The van der Waals surface area contributed by atoms with Gasteiger partial charge in [0, 0.05) is 26.5 Å². The van der Waals surface area contributed by atoms with Crippen LogP contribution in [0.15, 0.2) is 12.4 Å². The van der Waals surface area contributed by atoms with Gasteiger partial charge in [0.25, 0.3) is 0 Å². The molecule has 106 valence electrons. The third kappa shape index (κ3) is 1.86. The fourth-order valence-corrected chi connectivity index (χ4v) is 2.51. The first-order valence-corrected chi connectivity index (χ1v) is 6.75. The highest BCUT2D eigenvalue weighted by molar-refractivity contribution is 5.77. The number of anilines is 1. The fraction of sp³-hybridized carbons (Fsp3) is 0.462. The van der Waals surface area contributed by atoms with Crippen LogP contribution in [0.2, 0.25) is 0 Å². The second-order valence-corrected chi connectivity index (χ2v) is 5.00. The third-order valence-corrected chi connectivity index (χ3v) is 3.53. The van der Waals surface area contributed by atoms with Gasteiger partial charge >= 0.3 is 0 Å². The van der Waals surface area contributed by atoms with Gasteiger partial charge < -0.3 is 10.3 Å². The molecule has 0 saturated carbocycles. The number of hydrogen-bond acceptors (Lipinski definition) is 4. The summed E-state index contributed by atoms with van der Waals surface area (Å²) in [5, 5.41) is 4.54. The van der Waals surface area contributed by atoms with Crippen molar-refractivity contribution in [1.29, 1.82) is 0 Å². The molecule has 0 aliphatic rings. The Morgan fingerprint density at radius 2 is 2.10 bits per heavy atom. The van der Waals surface area contributed by atoms with Crippen molar-refractivity contribution in [2.75, 3.05) is 5.73 Å². The molecule has 0 bridgehead atoms. The van der Waals surface area contributed by atoms with Crippen LogP contribution in [0.3, 0.4) is 0 Å². The van der Waals surface area contributed by atoms with Crippen molar-refractivity contribution in [2.24, 2.45) is 14.1 Å². The summed E-state index contributed by atoms with van der Waals surface area (Å²) in [6.45, 7) is 2.73. The number of rotatable bonds is 4. The lowest BCUT2D eigenvalue weighted by molar-refractivity contribution is 0.679. The zero-order chi connectivity index (χ0) is 14.3. The van der Waals surface area contributed by atoms with E-state index in [9.17, 15) is 0 Å². The molecule has 7 heteroatoms. The van der Waals surface area contributed by atoms with E-state index in [-0.39, 0.29) is 0 Å². The first-order chi connectivity index (χ1) is 9.61. The maximum atomic E-state index is 6.07. The van der Waals surface area contributed by atoms with Crippen molar-refractivity contribution in [3.63, 3.8) is 0 Å². The highest BCUT2D eigenvalue weighted by Gasteiger charge is 2.18. The van der Waals surface area contributed by atoms with Gasteiger partial charge in [-0.15, -0.1) is 0 Å². The van der Waals surface area contributed by atoms with Gasteiger partial charge in [-0.3, -0.25) is 9.25 Å². The number of nitrogens with zero attached hydrogens (tertiary/aromatic N) is 6. The Balaban J connectivity index is 2.11. The molecular formula is C13H19N7. The van der Waals surface area contributed by atoms with Gasteiger partial charge in [0.2, 0.25) is 5.95 Å². The molecule has 2 N–H and O–H groups in total. The van der Waals surface area contributed by atoms with E-state index in [1.807, 2.05) is 34.1 Å². The van der Waals surface area contributed by atoms with E-state index in [2.05, 4.69) is 22.0 Å². The summed E-state index contributed by atoms with van der Waals surface area (Å²) in [6, 6.07) is 0. The second-order valence-electron chi connectivity index (χ2n) is 5.00. The molecule has 0 aromatic carbocycles. The molecule has 3 aromatic rings. The summed E-state index contributed by atoms with van der Waals surface area (Å²) in [5.41, 5.74) is 8.94. The van der Waals surface area contributed by atoms with Crippen LogP contribution in [0, 0.1) is 0 Å². The summed E-state index contributed by atoms with van der Waals surface area (Å²) in [7, 11) is 3.90. The molecular weight excluding hydrogens is 254 g/mol. The van der Waals surface area contributed by atoms with Crippen molar-refractivity contribution in [1.82, 2.24) is 28.9 Å². The molecule has 0 fully saturated rings. The monoisotopic (exact) mass is 273 g/mol. The largest absolute Gasteiger partial charge is 0.369 e. The molecule has 0 spiro atoms. The summed E-state index contributed by atoms with van der Waals surface area (Å²) >= 11 is 0. The molecule has 3 heterocycles. The molecule has 3 rings (SSSR count). The maximum absolute atomic E-state index is 6.07. The number of aromatic nitrogens is 6. The van der Waals surface area contributed by atoms with Gasteiger partial charge in [-0.1, -0.05) is 13.3 Å². The molecule has 7 nitrogen and oxygen atoms in total. The maximum Gasteiger partial charge on any atom is 0.202 e. The van der Waals surface area contributed by atoms with Crippen LogP contribution >= 0.6 is 0 Å². The van der Waals surface area contributed by atoms with E-state index < -0.39 is 0 Å². The van der Waals surface area contributed by atoms with E-state index >= 15 is 0 Å². The van der Waals surface area contributed by atoms with Crippen LogP contribution in [-0.4, -0.2) is 28.9 Å². The predicted octanol–water partition coefficient (Wildman–Crippen LogP) is 1.09. The van der Waals surface area contributed by atoms with E-state index in [0.29, 0.717) is 12.5 Å². The summed E-state index contributed by atoms with van der Waals surface area (Å²) in [6.07, 6.45) is 5.66. The molecule has 0 atom stereocenters. The number of hydrogen-bond donors (Lipinski definition) is 1. The van der Waals surface area contributed by atoms with E-state index in [1.165, 1.54) is 0 Å². The van der Waals surface area contributed by atoms with Gasteiger partial charge in [0.15, 0.2) is 5.65 Å². The Kier molecular flexibility index (Phi) is 2.96. The van der Waals surface area contributed by atoms with E-state index in [4.69, 9.17) is 5.73 Å². The van der Waals surface area contributed by atoms with Gasteiger partial charge in [-0.25, -0.2) is 9.97 Å². The van der Waals surface area contributed by atoms with Crippen LogP contribution in [0.1, 0.15) is 24.9 Å². The first kappa shape index (κ1) is 12.7. The van der Waals surface area contributed by atoms with Crippen LogP contribution in [0.5, 0.6) is 0 Å². The molecule has 0 saturated heterocycles. The minimum absolute atomic E-state index is 0.508. The third-order valence-electron chi connectivity index (χ3n) is 3.53. The number of imidazole rings is 2. The van der Waals surface area contributed by atoms with Gasteiger partial charge in [-0.2, -0.15) is 5.10 Å². The van der Waals surface area contributed by atoms with Crippen molar-refractivity contribution in [3.8, 4) is 0 Å². The highest BCUT2D eigenvalue weighted by Crippen LogP contribution is 2.22. The second kappa shape index (κ2) is 4.66. The summed E-state index contributed by atoms with van der Waals surface area (Å²) < 4.78 is 5.80. The quantitative estimate of drug-likeness (QED) is 0.771. The standard InChI is InChI=1S/C13H19N7/c1-4-5-9-11-12(19(3)17-9)20(13(14)16-11)8-10-15-6-7-18(10)2/h6-7H,4-5,8H2,1-3H3,(H2,14,16). The lowest BCUT2D eigenvalue weighted by Crippen LogP contribution is -2.11. The number of aryl methyl sites for hydroxylation is 3. The number of fused-ring (bicyclic) bond motifs is 1. The minimum atomic E-state index is 0.508.